The highest BCUT2D eigenvalue weighted by Gasteiger charge is 2.18. The molecular formula is C25H27N3OS. The highest BCUT2D eigenvalue weighted by Crippen LogP contribution is 2.30. The Morgan fingerprint density at radius 3 is 2.37 bits per heavy atom. The summed E-state index contributed by atoms with van der Waals surface area (Å²) >= 11 is 1.71. The minimum atomic E-state index is 0.120. The van der Waals surface area contributed by atoms with E-state index in [-0.39, 0.29) is 5.41 Å². The van der Waals surface area contributed by atoms with Gasteiger partial charge in [0.25, 0.3) is 0 Å². The fourth-order valence-corrected chi connectivity index (χ4v) is 4.36. The van der Waals surface area contributed by atoms with Crippen LogP contribution in [-0.4, -0.2) is 14.8 Å². The summed E-state index contributed by atoms with van der Waals surface area (Å²) in [6.45, 7) is 9.42. The molecule has 0 saturated heterocycles. The number of rotatable bonds is 6. The summed E-state index contributed by atoms with van der Waals surface area (Å²) < 4.78 is 7.76. The van der Waals surface area contributed by atoms with Crippen LogP contribution < -0.4 is 0 Å². The van der Waals surface area contributed by atoms with Crippen molar-refractivity contribution in [2.75, 3.05) is 0 Å². The maximum Gasteiger partial charge on any atom is 0.192 e. The predicted octanol–water partition coefficient (Wildman–Crippen LogP) is 6.48. The van der Waals surface area contributed by atoms with E-state index in [2.05, 4.69) is 91.0 Å². The molecular weight excluding hydrogens is 390 g/mol. The van der Waals surface area contributed by atoms with Crippen LogP contribution in [-0.2, 0) is 17.7 Å². The Kier molecular flexibility index (Phi) is 5.82. The lowest BCUT2D eigenvalue weighted by Gasteiger charge is -2.19. The maximum absolute atomic E-state index is 5.61. The molecule has 0 aliphatic carbocycles. The highest BCUT2D eigenvalue weighted by atomic mass is 32.2. The Labute approximate surface area is 182 Å². The molecule has 154 valence electrons. The van der Waals surface area contributed by atoms with Crippen LogP contribution in [0.1, 0.15) is 43.2 Å². The van der Waals surface area contributed by atoms with E-state index in [1.54, 1.807) is 18.0 Å². The molecule has 2 aromatic heterocycles. The molecule has 2 heterocycles. The van der Waals surface area contributed by atoms with E-state index >= 15 is 0 Å². The molecule has 4 nitrogen and oxygen atoms in total. The first-order valence-electron chi connectivity index (χ1n) is 10.2. The van der Waals surface area contributed by atoms with Crippen molar-refractivity contribution in [3.05, 3.63) is 89.4 Å². The van der Waals surface area contributed by atoms with Gasteiger partial charge in [-0.25, -0.2) is 0 Å². The molecule has 5 heteroatoms. The van der Waals surface area contributed by atoms with Gasteiger partial charge in [0.1, 0.15) is 5.76 Å². The zero-order valence-electron chi connectivity index (χ0n) is 17.9. The van der Waals surface area contributed by atoms with Crippen LogP contribution in [0.25, 0.3) is 11.4 Å². The van der Waals surface area contributed by atoms with Crippen LogP contribution in [0.3, 0.4) is 0 Å². The van der Waals surface area contributed by atoms with Crippen LogP contribution in [0.4, 0.5) is 0 Å². The Bertz CT molecular complexity index is 1110. The van der Waals surface area contributed by atoms with Gasteiger partial charge in [-0.15, -0.1) is 10.2 Å². The third-order valence-electron chi connectivity index (χ3n) is 5.24. The van der Waals surface area contributed by atoms with Crippen LogP contribution in [0.2, 0.25) is 0 Å². The van der Waals surface area contributed by atoms with E-state index in [0.29, 0.717) is 6.54 Å². The molecule has 0 amide bonds. The summed E-state index contributed by atoms with van der Waals surface area (Å²) in [4.78, 5) is 0. The third-order valence-corrected chi connectivity index (χ3v) is 6.25. The van der Waals surface area contributed by atoms with Gasteiger partial charge in [0.15, 0.2) is 11.0 Å². The molecule has 2 aromatic carbocycles. The van der Waals surface area contributed by atoms with Gasteiger partial charge >= 0.3 is 0 Å². The van der Waals surface area contributed by atoms with Gasteiger partial charge in [-0.05, 0) is 41.2 Å². The van der Waals surface area contributed by atoms with E-state index in [1.165, 1.54) is 16.7 Å². The number of thioether (sulfide) groups is 1. The minimum Gasteiger partial charge on any atom is -0.467 e. The average Bonchev–Trinajstić information content (AvgIpc) is 3.37. The average molecular weight is 418 g/mol. The minimum absolute atomic E-state index is 0.120. The van der Waals surface area contributed by atoms with E-state index < -0.39 is 0 Å². The SMILES string of the molecule is Cc1ccccc1CSc1nnc(-c2ccc(C(C)(C)C)cc2)n1Cc1ccco1. The molecule has 0 bridgehead atoms. The summed E-state index contributed by atoms with van der Waals surface area (Å²) in [5.41, 5.74) is 5.09. The van der Waals surface area contributed by atoms with Crippen molar-refractivity contribution >= 4 is 11.8 Å². The number of benzene rings is 2. The first kappa shape index (κ1) is 20.5. The standard InChI is InChI=1S/C25H27N3OS/c1-18-8-5-6-9-20(18)17-30-24-27-26-23(28(24)16-22-10-7-15-29-22)19-11-13-21(14-12-19)25(2,3)4/h5-15H,16-17H2,1-4H3. The smallest absolute Gasteiger partial charge is 0.192 e. The summed E-state index contributed by atoms with van der Waals surface area (Å²) in [5.74, 6) is 2.60. The Morgan fingerprint density at radius 2 is 1.70 bits per heavy atom. The van der Waals surface area contributed by atoms with Crippen molar-refractivity contribution in [3.63, 3.8) is 0 Å². The lowest BCUT2D eigenvalue weighted by molar-refractivity contribution is 0.485. The number of aryl methyl sites for hydroxylation is 1. The van der Waals surface area contributed by atoms with Gasteiger partial charge < -0.3 is 4.42 Å². The van der Waals surface area contributed by atoms with Crippen LogP contribution in [0, 0.1) is 6.92 Å². The van der Waals surface area contributed by atoms with Crippen molar-refractivity contribution in [2.45, 2.75) is 50.6 Å². The van der Waals surface area contributed by atoms with Crippen molar-refractivity contribution in [3.8, 4) is 11.4 Å². The fourth-order valence-electron chi connectivity index (χ4n) is 3.34. The number of furan rings is 1. The highest BCUT2D eigenvalue weighted by molar-refractivity contribution is 7.98. The van der Waals surface area contributed by atoms with Crippen molar-refractivity contribution in [1.82, 2.24) is 14.8 Å². The van der Waals surface area contributed by atoms with Gasteiger partial charge in [-0.2, -0.15) is 0 Å². The van der Waals surface area contributed by atoms with Crippen LogP contribution in [0.5, 0.6) is 0 Å². The summed E-state index contributed by atoms with van der Waals surface area (Å²) in [6, 6.07) is 21.0. The van der Waals surface area contributed by atoms with Gasteiger partial charge in [-0.1, -0.05) is 81.1 Å². The molecule has 4 rings (SSSR count). The number of hydrogen-bond donors (Lipinski definition) is 0. The van der Waals surface area contributed by atoms with Crippen LogP contribution >= 0.6 is 11.8 Å². The molecule has 0 N–H and O–H groups in total. The molecule has 0 saturated carbocycles. The number of aromatic nitrogens is 3. The van der Waals surface area contributed by atoms with Gasteiger partial charge in [0.2, 0.25) is 0 Å². The lowest BCUT2D eigenvalue weighted by Crippen LogP contribution is -2.10. The number of hydrogen-bond acceptors (Lipinski definition) is 4. The summed E-state index contributed by atoms with van der Waals surface area (Å²) in [7, 11) is 0. The van der Waals surface area contributed by atoms with E-state index in [4.69, 9.17) is 4.42 Å². The summed E-state index contributed by atoms with van der Waals surface area (Å²) in [6.07, 6.45) is 1.71. The second-order valence-electron chi connectivity index (χ2n) is 8.51. The van der Waals surface area contributed by atoms with Gasteiger partial charge in [0.05, 0.1) is 12.8 Å². The largest absolute Gasteiger partial charge is 0.467 e. The monoisotopic (exact) mass is 417 g/mol. The first-order valence-corrected chi connectivity index (χ1v) is 11.1. The zero-order chi connectivity index (χ0) is 21.1. The fraction of sp³-hybridized carbons (Fsp3) is 0.280. The van der Waals surface area contributed by atoms with Crippen molar-refractivity contribution in [2.24, 2.45) is 0 Å². The molecule has 0 fully saturated rings. The molecule has 4 aromatic rings. The molecule has 0 aliphatic rings. The predicted molar refractivity (Wildman–Crippen MR) is 123 cm³/mol. The number of nitrogens with zero attached hydrogens (tertiary/aromatic N) is 3. The van der Waals surface area contributed by atoms with E-state index in [1.807, 2.05) is 12.1 Å². The maximum atomic E-state index is 5.61. The quantitative estimate of drug-likeness (QED) is 0.337. The van der Waals surface area contributed by atoms with Gasteiger partial charge in [-0.3, -0.25) is 4.57 Å². The third kappa shape index (κ3) is 4.51. The van der Waals surface area contributed by atoms with E-state index in [9.17, 15) is 0 Å². The molecule has 0 spiro atoms. The topological polar surface area (TPSA) is 43.9 Å². The molecule has 30 heavy (non-hydrogen) atoms. The second kappa shape index (κ2) is 8.52. The molecule has 0 radical (unpaired) electrons. The Hall–Kier alpha value is -2.79. The van der Waals surface area contributed by atoms with Gasteiger partial charge in [0, 0.05) is 11.3 Å². The van der Waals surface area contributed by atoms with Crippen molar-refractivity contribution < 1.29 is 4.42 Å². The molecule has 0 unspecified atom stereocenters. The first-order chi connectivity index (χ1) is 14.4. The zero-order valence-corrected chi connectivity index (χ0v) is 18.7. The van der Waals surface area contributed by atoms with E-state index in [0.717, 1.165) is 28.1 Å². The molecule has 0 atom stereocenters. The Morgan fingerprint density at radius 1 is 0.933 bits per heavy atom. The normalized spacial score (nSPS) is 11.7. The second-order valence-corrected chi connectivity index (χ2v) is 9.46. The lowest BCUT2D eigenvalue weighted by atomic mass is 9.87. The van der Waals surface area contributed by atoms with Crippen molar-refractivity contribution in [1.29, 1.82) is 0 Å². The Balaban J connectivity index is 1.66. The summed E-state index contributed by atoms with van der Waals surface area (Å²) in [5, 5.41) is 9.96. The van der Waals surface area contributed by atoms with Crippen LogP contribution in [0.15, 0.2) is 76.5 Å². The molecule has 0 aliphatic heterocycles.